The van der Waals surface area contributed by atoms with Gasteiger partial charge in [0.05, 0.1) is 12.2 Å². The van der Waals surface area contributed by atoms with Crippen LogP contribution in [0.4, 0.5) is 23.7 Å². The van der Waals surface area contributed by atoms with Gasteiger partial charge in [-0.15, -0.1) is 0 Å². The number of likely N-dealkylation sites (tertiary alicyclic amines) is 1. The van der Waals surface area contributed by atoms with E-state index < -0.39 is 36.7 Å². The fourth-order valence-electron chi connectivity index (χ4n) is 2.86. The van der Waals surface area contributed by atoms with E-state index in [2.05, 4.69) is 5.32 Å². The van der Waals surface area contributed by atoms with E-state index in [1.807, 2.05) is 12.2 Å². The number of carbonyl (C=O) groups is 3. The van der Waals surface area contributed by atoms with Crippen LogP contribution in [-0.2, 0) is 9.53 Å². The Balaban J connectivity index is 1.91. The quantitative estimate of drug-likeness (QED) is 0.528. The number of hydrogen-bond donors (Lipinski definition) is 2. The van der Waals surface area contributed by atoms with Crippen LogP contribution in [0.3, 0.4) is 0 Å². The summed E-state index contributed by atoms with van der Waals surface area (Å²) in [5, 5.41) is 4.41. The van der Waals surface area contributed by atoms with E-state index in [0.717, 1.165) is 12.8 Å². The van der Waals surface area contributed by atoms with E-state index in [1.165, 1.54) is 29.2 Å². The largest absolute Gasteiger partial charge is 0.462 e. The molecule has 2 rings (SSSR count). The summed E-state index contributed by atoms with van der Waals surface area (Å²) in [7, 11) is 0. The number of urea groups is 1. The molecule has 1 saturated heterocycles. The predicted molar refractivity (Wildman–Crippen MR) is 99.4 cm³/mol. The summed E-state index contributed by atoms with van der Waals surface area (Å²) in [5.41, 5.74) is 0.728. The van der Waals surface area contributed by atoms with Crippen LogP contribution >= 0.6 is 0 Å². The zero-order chi connectivity index (χ0) is 21.4. The number of hydrogen-bond acceptors (Lipinski definition) is 4. The Bertz CT molecular complexity index is 722. The normalized spacial score (nSPS) is 16.4. The first kappa shape index (κ1) is 22.5. The van der Waals surface area contributed by atoms with Crippen LogP contribution in [0.5, 0.6) is 0 Å². The molecule has 3 amide bonds. The second-order valence-electron chi connectivity index (χ2n) is 6.68. The smallest absolute Gasteiger partial charge is 0.405 e. The van der Waals surface area contributed by atoms with E-state index in [0.29, 0.717) is 30.7 Å². The van der Waals surface area contributed by atoms with Gasteiger partial charge in [0.25, 0.3) is 0 Å². The van der Waals surface area contributed by atoms with Crippen molar-refractivity contribution in [2.45, 2.75) is 44.8 Å². The van der Waals surface area contributed by atoms with Crippen LogP contribution in [0.15, 0.2) is 24.3 Å². The number of esters is 1. The molecule has 1 heterocycles. The minimum absolute atomic E-state index is 0.262. The molecule has 0 saturated carbocycles. The Morgan fingerprint density at radius 2 is 1.90 bits per heavy atom. The topological polar surface area (TPSA) is 87.7 Å². The number of nitrogens with one attached hydrogen (secondary N) is 2. The average Bonchev–Trinajstić information content (AvgIpc) is 3.16. The second kappa shape index (κ2) is 10.1. The summed E-state index contributed by atoms with van der Waals surface area (Å²) in [6, 6.07) is 4.49. The number of rotatable bonds is 7. The van der Waals surface area contributed by atoms with Gasteiger partial charge in [-0.25, -0.2) is 9.59 Å². The van der Waals surface area contributed by atoms with Gasteiger partial charge in [-0.1, -0.05) is 13.3 Å². The molecule has 160 valence electrons. The lowest BCUT2D eigenvalue weighted by Gasteiger charge is -2.24. The number of ether oxygens (including phenoxy) is 1. The van der Waals surface area contributed by atoms with E-state index in [1.54, 1.807) is 0 Å². The minimum atomic E-state index is -4.51. The predicted octanol–water partition coefficient (Wildman–Crippen LogP) is 3.32. The van der Waals surface area contributed by atoms with Gasteiger partial charge in [-0.05, 0) is 43.5 Å². The third-order valence-corrected chi connectivity index (χ3v) is 4.38. The van der Waals surface area contributed by atoms with Crippen LogP contribution < -0.4 is 10.6 Å². The van der Waals surface area contributed by atoms with E-state index in [4.69, 9.17) is 4.74 Å². The molecule has 1 unspecified atom stereocenters. The van der Waals surface area contributed by atoms with Crippen molar-refractivity contribution in [3.63, 3.8) is 0 Å². The van der Waals surface area contributed by atoms with Crippen molar-refractivity contribution in [3.05, 3.63) is 29.8 Å². The highest BCUT2D eigenvalue weighted by molar-refractivity contribution is 5.95. The molecular formula is C19H24F3N3O4. The van der Waals surface area contributed by atoms with Gasteiger partial charge in [0.15, 0.2) is 0 Å². The third-order valence-electron chi connectivity index (χ3n) is 4.38. The summed E-state index contributed by atoms with van der Waals surface area (Å²) in [5.74, 6) is -1.29. The molecule has 10 heteroatoms. The van der Waals surface area contributed by atoms with Gasteiger partial charge in [-0.2, -0.15) is 13.2 Å². The van der Waals surface area contributed by atoms with Crippen LogP contribution in [0, 0.1) is 0 Å². The first-order valence-electron chi connectivity index (χ1n) is 9.40. The van der Waals surface area contributed by atoms with Crippen molar-refractivity contribution in [2.24, 2.45) is 0 Å². The zero-order valence-corrected chi connectivity index (χ0v) is 16.1. The summed E-state index contributed by atoms with van der Waals surface area (Å²) in [4.78, 5) is 37.5. The number of alkyl halides is 3. The monoisotopic (exact) mass is 415 g/mol. The molecule has 7 nitrogen and oxygen atoms in total. The maximum Gasteiger partial charge on any atom is 0.405 e. The van der Waals surface area contributed by atoms with Crippen molar-refractivity contribution in [2.75, 3.05) is 25.0 Å². The van der Waals surface area contributed by atoms with Crippen molar-refractivity contribution < 1.29 is 32.3 Å². The Kier molecular flexibility index (Phi) is 7.86. The average molecular weight is 415 g/mol. The van der Waals surface area contributed by atoms with Crippen LogP contribution in [0.2, 0.25) is 0 Å². The molecule has 1 fully saturated rings. The molecule has 29 heavy (non-hydrogen) atoms. The minimum Gasteiger partial charge on any atom is -0.462 e. The first-order chi connectivity index (χ1) is 13.7. The fourth-order valence-corrected chi connectivity index (χ4v) is 2.86. The maximum absolute atomic E-state index is 12.4. The number of halogens is 3. The van der Waals surface area contributed by atoms with Gasteiger partial charge in [-0.3, -0.25) is 4.79 Å². The number of anilines is 1. The molecule has 0 spiro atoms. The molecule has 1 aromatic carbocycles. The molecule has 1 aliphatic heterocycles. The number of benzene rings is 1. The molecule has 0 radical (unpaired) electrons. The van der Waals surface area contributed by atoms with E-state index in [9.17, 15) is 27.6 Å². The molecule has 1 aromatic rings. The fraction of sp³-hybridized carbons (Fsp3) is 0.526. The summed E-state index contributed by atoms with van der Waals surface area (Å²) >= 11 is 0. The van der Waals surface area contributed by atoms with Gasteiger partial charge >= 0.3 is 18.2 Å². The van der Waals surface area contributed by atoms with Crippen LogP contribution in [0.1, 0.15) is 43.0 Å². The summed E-state index contributed by atoms with van der Waals surface area (Å²) in [6.45, 7) is 1.14. The first-order valence-corrected chi connectivity index (χ1v) is 9.40. The SMILES string of the molecule is CCCCOC(=O)c1ccc(NC(=O)N2CCCC2C(=O)NCC(F)(F)F)cc1. The molecule has 0 bridgehead atoms. The van der Waals surface area contributed by atoms with Crippen molar-refractivity contribution >= 4 is 23.6 Å². The van der Waals surface area contributed by atoms with Crippen molar-refractivity contribution in [1.82, 2.24) is 10.2 Å². The van der Waals surface area contributed by atoms with E-state index in [-0.39, 0.29) is 6.54 Å². The summed E-state index contributed by atoms with van der Waals surface area (Å²) in [6.07, 6.45) is -2.03. The maximum atomic E-state index is 12.4. The lowest BCUT2D eigenvalue weighted by Crippen LogP contribution is -2.49. The van der Waals surface area contributed by atoms with Gasteiger partial charge in [0, 0.05) is 12.2 Å². The number of amides is 3. The number of unbranched alkanes of at least 4 members (excludes halogenated alkanes) is 1. The highest BCUT2D eigenvalue weighted by Gasteiger charge is 2.36. The van der Waals surface area contributed by atoms with Gasteiger partial charge in [0.1, 0.15) is 12.6 Å². The summed E-state index contributed by atoms with van der Waals surface area (Å²) < 4.78 is 41.9. The Morgan fingerprint density at radius 1 is 1.21 bits per heavy atom. The van der Waals surface area contributed by atoms with E-state index >= 15 is 0 Å². The highest BCUT2D eigenvalue weighted by Crippen LogP contribution is 2.20. The van der Waals surface area contributed by atoms with Crippen molar-refractivity contribution in [3.8, 4) is 0 Å². The Morgan fingerprint density at radius 3 is 2.52 bits per heavy atom. The van der Waals surface area contributed by atoms with Gasteiger partial charge in [0.2, 0.25) is 5.91 Å². The standard InChI is InChI=1S/C19H24F3N3O4/c1-2-3-11-29-17(27)13-6-8-14(9-7-13)24-18(28)25-10-4-5-15(25)16(26)23-12-19(20,21)22/h6-9,15H,2-5,10-12H2,1H3,(H,23,26)(H,24,28). The molecule has 1 aliphatic rings. The van der Waals surface area contributed by atoms with Crippen molar-refractivity contribution in [1.29, 1.82) is 0 Å². The van der Waals surface area contributed by atoms with Crippen LogP contribution in [-0.4, -0.2) is 54.7 Å². The lowest BCUT2D eigenvalue weighted by atomic mass is 10.2. The second-order valence-corrected chi connectivity index (χ2v) is 6.68. The highest BCUT2D eigenvalue weighted by atomic mass is 19.4. The molecule has 0 aliphatic carbocycles. The number of nitrogens with zero attached hydrogens (tertiary/aromatic N) is 1. The zero-order valence-electron chi connectivity index (χ0n) is 16.1. The lowest BCUT2D eigenvalue weighted by molar-refractivity contribution is -0.140. The molecule has 1 atom stereocenters. The molecule has 2 N–H and O–H groups in total. The van der Waals surface area contributed by atoms with Gasteiger partial charge < -0.3 is 20.3 Å². The third kappa shape index (κ3) is 6.95. The van der Waals surface area contributed by atoms with Crippen LogP contribution in [0.25, 0.3) is 0 Å². The number of carbonyl (C=O) groups excluding carboxylic acids is 3. The molecule has 0 aromatic heterocycles. The molecular weight excluding hydrogens is 391 g/mol. The Hall–Kier alpha value is -2.78. The Labute approximate surface area is 166 Å².